The first-order valence-electron chi connectivity index (χ1n) is 20.2. The minimum atomic E-state index is 0.208. The molecule has 2 saturated carbocycles. The first kappa shape index (κ1) is 30.9. The third kappa shape index (κ3) is 4.86. The molecule has 11 atom stereocenters. The highest BCUT2D eigenvalue weighted by molar-refractivity contribution is 5.70. The summed E-state index contributed by atoms with van der Waals surface area (Å²) in [5.41, 5.74) is 7.86. The molecule has 10 rings (SSSR count). The van der Waals surface area contributed by atoms with E-state index in [0.29, 0.717) is 53.4 Å². The van der Waals surface area contributed by atoms with Crippen LogP contribution in [0, 0.1) is 58.7 Å². The van der Waals surface area contributed by atoms with Crippen LogP contribution in [-0.2, 0) is 0 Å². The van der Waals surface area contributed by atoms with Crippen molar-refractivity contribution in [3.05, 3.63) is 157 Å². The van der Waals surface area contributed by atoms with Crippen molar-refractivity contribution in [1.82, 2.24) is 0 Å². The molecular formula is C49H53N. The lowest BCUT2D eigenvalue weighted by Gasteiger charge is -2.47. The number of rotatable bonds is 5. The second-order valence-electron chi connectivity index (χ2n) is 16.8. The summed E-state index contributed by atoms with van der Waals surface area (Å²) in [6.45, 7) is 0. The number of nitrogens with zero attached hydrogens (tertiary/aromatic N) is 1. The van der Waals surface area contributed by atoms with Crippen LogP contribution in [0.25, 0.3) is 5.57 Å². The minimum Gasteiger partial charge on any atom is -0.339 e. The van der Waals surface area contributed by atoms with Gasteiger partial charge in [0.1, 0.15) is 0 Å². The summed E-state index contributed by atoms with van der Waals surface area (Å²) in [7, 11) is 0. The number of benzene rings is 1. The van der Waals surface area contributed by atoms with Crippen molar-refractivity contribution in [2.24, 2.45) is 58.7 Å². The molecule has 0 amide bonds. The van der Waals surface area contributed by atoms with Crippen LogP contribution in [0.15, 0.2) is 151 Å². The van der Waals surface area contributed by atoms with E-state index in [2.05, 4.69) is 145 Å². The molecule has 0 bridgehead atoms. The van der Waals surface area contributed by atoms with Gasteiger partial charge in [0.15, 0.2) is 0 Å². The third-order valence-corrected chi connectivity index (χ3v) is 14.7. The molecule has 0 heterocycles. The molecule has 0 aromatic heterocycles. The summed E-state index contributed by atoms with van der Waals surface area (Å²) in [6, 6.07) is 10.1. The van der Waals surface area contributed by atoms with Gasteiger partial charge in [-0.1, -0.05) is 133 Å². The van der Waals surface area contributed by atoms with E-state index < -0.39 is 0 Å². The molecule has 0 saturated heterocycles. The van der Waals surface area contributed by atoms with Crippen molar-refractivity contribution in [3.8, 4) is 0 Å². The summed E-state index contributed by atoms with van der Waals surface area (Å²) in [5, 5.41) is 0. The van der Waals surface area contributed by atoms with E-state index in [1.807, 2.05) is 5.57 Å². The van der Waals surface area contributed by atoms with E-state index in [0.717, 1.165) is 18.8 Å². The second kappa shape index (κ2) is 12.7. The molecular weight excluding hydrogens is 603 g/mol. The SMILES string of the molecule is C1=CCCC(c2ccc(N(C3=CCC(C4C=CC=CC4)CC3)C3C=C4C(CC3)C3C=CC=CC3C43C4C=CC=CC4C4C=CCCC43)cc2)=C1. The molecule has 9 aliphatic rings. The lowest BCUT2D eigenvalue weighted by molar-refractivity contribution is 0.133. The fourth-order valence-corrected chi connectivity index (χ4v) is 12.7. The van der Waals surface area contributed by atoms with Gasteiger partial charge in [0.05, 0.1) is 6.04 Å². The Balaban J connectivity index is 1.07. The van der Waals surface area contributed by atoms with E-state index in [1.54, 1.807) is 5.70 Å². The maximum atomic E-state index is 2.89. The molecule has 254 valence electrons. The summed E-state index contributed by atoms with van der Waals surface area (Å²) >= 11 is 0. The van der Waals surface area contributed by atoms with Crippen molar-refractivity contribution < 1.29 is 0 Å². The lowest BCUT2D eigenvalue weighted by Crippen LogP contribution is -2.42. The molecule has 1 spiro atoms. The van der Waals surface area contributed by atoms with Crippen LogP contribution in [0.5, 0.6) is 0 Å². The number of anilines is 1. The second-order valence-corrected chi connectivity index (χ2v) is 16.8. The summed E-state index contributed by atoms with van der Waals surface area (Å²) in [4.78, 5) is 2.83. The molecule has 11 unspecified atom stereocenters. The van der Waals surface area contributed by atoms with E-state index in [-0.39, 0.29) is 5.41 Å². The molecule has 0 radical (unpaired) electrons. The number of hydrogen-bond acceptors (Lipinski definition) is 1. The van der Waals surface area contributed by atoms with Gasteiger partial charge in [-0.3, -0.25) is 0 Å². The van der Waals surface area contributed by atoms with Crippen molar-refractivity contribution in [2.75, 3.05) is 4.90 Å². The summed E-state index contributed by atoms with van der Waals surface area (Å²) < 4.78 is 0. The molecule has 1 heteroatoms. The zero-order valence-corrected chi connectivity index (χ0v) is 29.6. The highest BCUT2D eigenvalue weighted by atomic mass is 15.2. The van der Waals surface area contributed by atoms with Gasteiger partial charge < -0.3 is 4.90 Å². The molecule has 2 fully saturated rings. The monoisotopic (exact) mass is 655 g/mol. The standard InChI is InChI=1S/C49H53N/c1-3-13-34(14-4-1)36-23-27-38(28-24-36)50(39-29-25-37(26-30-39)35-15-5-2-6-16-35)40-31-32-44-43-19-9-12-22-47(43)49(48(44)33-40)45-20-10-7-17-41(45)42-18-8-11-21-46(42)49/h1-5,7-10,12-13,15,17-20,22,25-27,29-30,33-34,36,40-47H,6,11,14,16,21,23-24,28,31-32H2. The fourth-order valence-electron chi connectivity index (χ4n) is 12.7. The first-order chi connectivity index (χ1) is 24.8. The summed E-state index contributed by atoms with van der Waals surface area (Å²) in [5.74, 6) is 5.91. The maximum absolute atomic E-state index is 2.89. The van der Waals surface area contributed by atoms with Gasteiger partial charge in [0.2, 0.25) is 0 Å². The average Bonchev–Trinajstić information content (AvgIpc) is 3.66. The number of allylic oxidation sites excluding steroid dienone is 21. The highest BCUT2D eigenvalue weighted by Crippen LogP contribution is 2.74. The highest BCUT2D eigenvalue weighted by Gasteiger charge is 2.68. The predicted molar refractivity (Wildman–Crippen MR) is 210 cm³/mol. The van der Waals surface area contributed by atoms with Crippen LogP contribution in [-0.4, -0.2) is 6.04 Å². The van der Waals surface area contributed by atoms with Crippen LogP contribution in [0.4, 0.5) is 5.69 Å². The Morgan fingerprint density at radius 3 is 2.22 bits per heavy atom. The molecule has 1 aromatic rings. The van der Waals surface area contributed by atoms with Gasteiger partial charge in [-0.05, 0) is 141 Å². The number of fused-ring (bicyclic) bond motifs is 10. The van der Waals surface area contributed by atoms with Crippen LogP contribution in [0.3, 0.4) is 0 Å². The first-order valence-corrected chi connectivity index (χ1v) is 20.2. The Labute approximate surface area is 300 Å². The van der Waals surface area contributed by atoms with E-state index in [4.69, 9.17) is 0 Å². The van der Waals surface area contributed by atoms with Gasteiger partial charge in [0.25, 0.3) is 0 Å². The molecule has 0 N–H and O–H groups in total. The lowest BCUT2D eigenvalue weighted by atomic mass is 9.58. The van der Waals surface area contributed by atoms with Crippen LogP contribution in [0.2, 0.25) is 0 Å². The molecule has 1 aromatic carbocycles. The number of hydrogen-bond donors (Lipinski definition) is 0. The Bertz CT molecular complexity index is 1830. The smallest absolute Gasteiger partial charge is 0.0522 e. The minimum absolute atomic E-state index is 0.208. The molecule has 0 aliphatic heterocycles. The predicted octanol–water partition coefficient (Wildman–Crippen LogP) is 12.1. The Hall–Kier alpha value is -3.84. The fraction of sp³-hybridized carbons (Fsp3) is 0.429. The molecule has 9 aliphatic carbocycles. The Morgan fingerprint density at radius 1 is 0.620 bits per heavy atom. The van der Waals surface area contributed by atoms with Gasteiger partial charge in [-0.25, -0.2) is 0 Å². The average molecular weight is 656 g/mol. The normalized spacial score (nSPS) is 40.2. The maximum Gasteiger partial charge on any atom is 0.0522 e. The topological polar surface area (TPSA) is 3.24 Å². The molecule has 1 nitrogen and oxygen atoms in total. The van der Waals surface area contributed by atoms with Crippen molar-refractivity contribution in [2.45, 2.75) is 70.3 Å². The van der Waals surface area contributed by atoms with E-state index in [1.165, 1.54) is 68.2 Å². The van der Waals surface area contributed by atoms with Crippen LogP contribution >= 0.6 is 0 Å². The van der Waals surface area contributed by atoms with E-state index in [9.17, 15) is 0 Å². The Morgan fingerprint density at radius 2 is 1.44 bits per heavy atom. The van der Waals surface area contributed by atoms with Crippen molar-refractivity contribution >= 4 is 11.3 Å². The van der Waals surface area contributed by atoms with Gasteiger partial charge in [-0.15, -0.1) is 0 Å². The van der Waals surface area contributed by atoms with Crippen LogP contribution in [0.1, 0.15) is 69.8 Å². The zero-order valence-electron chi connectivity index (χ0n) is 29.6. The van der Waals surface area contributed by atoms with Gasteiger partial charge >= 0.3 is 0 Å². The van der Waals surface area contributed by atoms with Gasteiger partial charge in [0, 0.05) is 16.8 Å². The zero-order chi connectivity index (χ0) is 33.1. The van der Waals surface area contributed by atoms with Crippen molar-refractivity contribution in [3.63, 3.8) is 0 Å². The quantitative estimate of drug-likeness (QED) is 0.285. The molecule has 50 heavy (non-hydrogen) atoms. The van der Waals surface area contributed by atoms with E-state index >= 15 is 0 Å². The third-order valence-electron chi connectivity index (χ3n) is 14.7. The van der Waals surface area contributed by atoms with Crippen LogP contribution < -0.4 is 4.90 Å². The van der Waals surface area contributed by atoms with Crippen molar-refractivity contribution in [1.29, 1.82) is 0 Å². The summed E-state index contributed by atoms with van der Waals surface area (Å²) in [6.07, 6.45) is 59.2. The largest absolute Gasteiger partial charge is 0.339 e. The Kier molecular flexibility index (Phi) is 7.88. The van der Waals surface area contributed by atoms with Gasteiger partial charge in [-0.2, -0.15) is 0 Å².